The molecule has 120 valence electrons. The summed E-state index contributed by atoms with van der Waals surface area (Å²) >= 11 is 0. The first-order valence-corrected chi connectivity index (χ1v) is 8.51. The van der Waals surface area contributed by atoms with Crippen molar-refractivity contribution in [2.75, 3.05) is 19.8 Å². The summed E-state index contributed by atoms with van der Waals surface area (Å²) in [6.45, 7) is 14.5. The molecule has 0 radical (unpaired) electrons. The molecule has 0 heterocycles. The maximum Gasteiger partial charge on any atom is 0.529 e. The van der Waals surface area contributed by atoms with Gasteiger partial charge in [-0.25, -0.2) is 4.57 Å². The molecular formula is C14H29O5P. The number of hydrogen-bond donors (Lipinski definition) is 0. The summed E-state index contributed by atoms with van der Waals surface area (Å²) in [5.74, 6) is 0.849. The normalized spacial score (nSPS) is 13.7. The summed E-state index contributed by atoms with van der Waals surface area (Å²) in [6, 6.07) is 0. The van der Waals surface area contributed by atoms with E-state index in [2.05, 4.69) is 13.8 Å². The first-order chi connectivity index (χ1) is 9.14. The number of ether oxygens (including phenoxy) is 1. The van der Waals surface area contributed by atoms with Crippen LogP contribution in [0.15, 0.2) is 12.0 Å². The summed E-state index contributed by atoms with van der Waals surface area (Å²) in [4.78, 5) is 0. The van der Waals surface area contributed by atoms with Gasteiger partial charge in [-0.15, -0.1) is 0 Å². The molecule has 0 rings (SSSR count). The number of hydrogen-bond acceptors (Lipinski definition) is 5. The SMILES string of the molecule is CCOP(=O)(OCC)O/C(=C\OCC(C)C)C(C)(C)C. The summed E-state index contributed by atoms with van der Waals surface area (Å²) in [7, 11) is -3.58. The van der Waals surface area contributed by atoms with Gasteiger partial charge in [-0.1, -0.05) is 34.6 Å². The highest BCUT2D eigenvalue weighted by Gasteiger charge is 2.33. The van der Waals surface area contributed by atoms with E-state index in [0.717, 1.165) is 0 Å². The summed E-state index contributed by atoms with van der Waals surface area (Å²) in [5.41, 5.74) is -0.360. The van der Waals surface area contributed by atoms with Gasteiger partial charge in [0, 0.05) is 5.41 Å². The van der Waals surface area contributed by atoms with Crippen molar-refractivity contribution >= 4 is 7.82 Å². The Kier molecular flexibility index (Phi) is 8.48. The van der Waals surface area contributed by atoms with Crippen LogP contribution in [-0.4, -0.2) is 19.8 Å². The van der Waals surface area contributed by atoms with Gasteiger partial charge >= 0.3 is 7.82 Å². The zero-order valence-electron chi connectivity index (χ0n) is 13.8. The monoisotopic (exact) mass is 308 g/mol. The lowest BCUT2D eigenvalue weighted by molar-refractivity contribution is 0.117. The molecule has 0 bridgehead atoms. The van der Waals surface area contributed by atoms with Crippen molar-refractivity contribution in [3.05, 3.63) is 12.0 Å². The van der Waals surface area contributed by atoms with E-state index < -0.39 is 7.82 Å². The molecule has 0 aromatic heterocycles. The third-order valence-corrected chi connectivity index (χ3v) is 3.71. The standard InChI is InChI=1S/C14H29O5P/c1-8-17-20(15,18-9-2)19-13(14(5,6)7)11-16-10-12(3)4/h11-12H,8-10H2,1-7H3/b13-11-. The Hall–Kier alpha value is -0.510. The molecule has 0 atom stereocenters. The second kappa shape index (κ2) is 8.71. The zero-order chi connectivity index (χ0) is 15.8. The molecule has 0 aliphatic heterocycles. The van der Waals surface area contributed by atoms with Crippen LogP contribution in [-0.2, 0) is 22.9 Å². The summed E-state index contributed by atoms with van der Waals surface area (Å²) < 4.78 is 33.7. The lowest BCUT2D eigenvalue weighted by Gasteiger charge is -2.26. The van der Waals surface area contributed by atoms with Gasteiger partial charge in [0.05, 0.1) is 19.8 Å². The van der Waals surface area contributed by atoms with Crippen LogP contribution in [0.2, 0.25) is 0 Å². The number of rotatable bonds is 9. The van der Waals surface area contributed by atoms with Crippen LogP contribution in [0.5, 0.6) is 0 Å². The van der Waals surface area contributed by atoms with E-state index in [9.17, 15) is 4.57 Å². The van der Waals surface area contributed by atoms with Crippen LogP contribution in [0.1, 0.15) is 48.5 Å². The van der Waals surface area contributed by atoms with Crippen molar-refractivity contribution in [1.29, 1.82) is 0 Å². The maximum atomic E-state index is 12.4. The average Bonchev–Trinajstić information content (AvgIpc) is 2.26. The summed E-state index contributed by atoms with van der Waals surface area (Å²) in [6.07, 6.45) is 1.50. The fourth-order valence-corrected chi connectivity index (χ4v) is 2.55. The third kappa shape index (κ3) is 7.93. The second-order valence-corrected chi connectivity index (χ2v) is 7.43. The molecule has 0 N–H and O–H groups in total. The van der Waals surface area contributed by atoms with E-state index in [4.69, 9.17) is 18.3 Å². The van der Waals surface area contributed by atoms with Crippen LogP contribution >= 0.6 is 7.82 Å². The highest BCUT2D eigenvalue weighted by atomic mass is 31.2. The van der Waals surface area contributed by atoms with E-state index in [1.165, 1.54) is 6.26 Å². The zero-order valence-corrected chi connectivity index (χ0v) is 14.7. The molecule has 20 heavy (non-hydrogen) atoms. The van der Waals surface area contributed by atoms with Gasteiger partial charge in [-0.05, 0) is 19.8 Å². The Bertz CT molecular complexity index is 334. The van der Waals surface area contributed by atoms with Crippen LogP contribution in [0.25, 0.3) is 0 Å². The predicted molar refractivity (Wildman–Crippen MR) is 80.3 cm³/mol. The Morgan fingerprint density at radius 2 is 1.65 bits per heavy atom. The summed E-state index contributed by atoms with van der Waals surface area (Å²) in [5, 5.41) is 0. The Morgan fingerprint density at radius 1 is 1.15 bits per heavy atom. The van der Waals surface area contributed by atoms with E-state index in [0.29, 0.717) is 18.3 Å². The molecule has 0 saturated carbocycles. The molecule has 6 heteroatoms. The first-order valence-electron chi connectivity index (χ1n) is 7.05. The van der Waals surface area contributed by atoms with Gasteiger partial charge in [0.15, 0.2) is 0 Å². The molecule has 0 aromatic carbocycles. The molecular weight excluding hydrogens is 279 g/mol. The lowest BCUT2D eigenvalue weighted by Crippen LogP contribution is -2.14. The van der Waals surface area contributed by atoms with Crippen LogP contribution in [0.4, 0.5) is 0 Å². The van der Waals surface area contributed by atoms with Crippen LogP contribution in [0.3, 0.4) is 0 Å². The molecule has 0 unspecified atom stereocenters. The Labute approximate surface area is 123 Å². The maximum absolute atomic E-state index is 12.4. The van der Waals surface area contributed by atoms with Gasteiger partial charge in [0.2, 0.25) is 0 Å². The topological polar surface area (TPSA) is 54.0 Å². The molecule has 0 aliphatic rings. The van der Waals surface area contributed by atoms with Gasteiger partial charge in [-0.3, -0.25) is 9.05 Å². The fourth-order valence-electron chi connectivity index (χ4n) is 1.18. The van der Waals surface area contributed by atoms with Crippen molar-refractivity contribution in [2.24, 2.45) is 11.3 Å². The minimum atomic E-state index is -3.58. The number of phosphoric acid groups is 1. The molecule has 5 nitrogen and oxygen atoms in total. The molecule has 0 amide bonds. The lowest BCUT2D eigenvalue weighted by atomic mass is 9.95. The first kappa shape index (κ1) is 19.5. The second-order valence-electron chi connectivity index (χ2n) is 5.83. The van der Waals surface area contributed by atoms with Crippen LogP contribution < -0.4 is 0 Å². The molecule has 0 spiro atoms. The highest BCUT2D eigenvalue weighted by Crippen LogP contribution is 2.53. The van der Waals surface area contributed by atoms with E-state index in [-0.39, 0.29) is 18.6 Å². The third-order valence-electron chi connectivity index (χ3n) is 2.14. The van der Waals surface area contributed by atoms with E-state index >= 15 is 0 Å². The molecule has 0 aliphatic carbocycles. The van der Waals surface area contributed by atoms with Gasteiger partial charge in [0.1, 0.15) is 12.0 Å². The molecule has 0 saturated heterocycles. The van der Waals surface area contributed by atoms with Crippen molar-refractivity contribution in [2.45, 2.75) is 48.5 Å². The minimum Gasteiger partial charge on any atom is -0.497 e. The van der Waals surface area contributed by atoms with Gasteiger partial charge < -0.3 is 9.26 Å². The van der Waals surface area contributed by atoms with Crippen LogP contribution in [0, 0.1) is 11.3 Å². The fraction of sp³-hybridized carbons (Fsp3) is 0.857. The predicted octanol–water partition coefficient (Wildman–Crippen LogP) is 4.74. The van der Waals surface area contributed by atoms with Gasteiger partial charge in [-0.2, -0.15) is 0 Å². The van der Waals surface area contributed by atoms with Crippen molar-refractivity contribution in [1.82, 2.24) is 0 Å². The van der Waals surface area contributed by atoms with E-state index in [1.54, 1.807) is 13.8 Å². The van der Waals surface area contributed by atoms with Crippen molar-refractivity contribution < 1.29 is 22.9 Å². The smallest absolute Gasteiger partial charge is 0.497 e. The highest BCUT2D eigenvalue weighted by molar-refractivity contribution is 7.48. The number of allylic oxidation sites excluding steroid dienone is 1. The molecule has 0 fully saturated rings. The Balaban J connectivity index is 5.00. The van der Waals surface area contributed by atoms with Gasteiger partial charge in [0.25, 0.3) is 0 Å². The van der Waals surface area contributed by atoms with E-state index in [1.807, 2.05) is 20.8 Å². The average molecular weight is 308 g/mol. The largest absolute Gasteiger partial charge is 0.529 e. The van der Waals surface area contributed by atoms with Crippen molar-refractivity contribution in [3.63, 3.8) is 0 Å². The van der Waals surface area contributed by atoms with Crippen molar-refractivity contribution in [3.8, 4) is 0 Å². The minimum absolute atomic E-state index is 0.252. The number of phosphoric ester groups is 1. The molecule has 0 aromatic rings. The quantitative estimate of drug-likeness (QED) is 0.454. The Morgan fingerprint density at radius 3 is 2.00 bits per heavy atom.